The van der Waals surface area contributed by atoms with E-state index < -0.39 is 8.32 Å². The van der Waals surface area contributed by atoms with Crippen molar-refractivity contribution >= 4 is 20.2 Å². The van der Waals surface area contributed by atoms with E-state index in [-0.39, 0.29) is 46.7 Å². The van der Waals surface area contributed by atoms with Gasteiger partial charge in [0.05, 0.1) is 6.10 Å². The van der Waals surface area contributed by atoms with Crippen LogP contribution in [0.3, 0.4) is 0 Å². The number of hydrogen-bond donors (Lipinski definition) is 3. The number of hydrogen-bond acceptors (Lipinski definition) is 5. The second-order valence-corrected chi connectivity index (χ2v) is 18.6. The van der Waals surface area contributed by atoms with Crippen molar-refractivity contribution in [2.24, 2.45) is 16.8 Å². The molecule has 1 fully saturated rings. The zero-order valence-electron chi connectivity index (χ0n) is 27.7. The van der Waals surface area contributed by atoms with Gasteiger partial charge in [-0.1, -0.05) is 64.3 Å². The molecule has 1 aliphatic heterocycles. The largest absolute Gasteiger partial charge is 0.507 e. The van der Waals surface area contributed by atoms with Gasteiger partial charge < -0.3 is 24.9 Å². The number of nitrogens with zero attached hydrogens (tertiary/aromatic N) is 1. The van der Waals surface area contributed by atoms with E-state index >= 15 is 0 Å². The molecule has 1 aliphatic carbocycles. The van der Waals surface area contributed by atoms with E-state index in [1.165, 1.54) is 5.57 Å². The van der Waals surface area contributed by atoms with E-state index in [0.717, 1.165) is 55.2 Å². The fourth-order valence-electron chi connectivity index (χ4n) is 5.81. The molecule has 1 aromatic carbocycles. The SMILES string of the molecule is C=C(C)[C@@H]1CCC(C)=C[C@H]1c1c(O)cc(CCCCC)cc1OC(=NC)N[C@H]1NC(=O)[C@@H]1[C@@H](C)O[Si](C)(C)C(C)(C)C. The Kier molecular flexibility index (Phi) is 11.1. The van der Waals surface area contributed by atoms with E-state index in [4.69, 9.17) is 9.16 Å². The van der Waals surface area contributed by atoms with Crippen molar-refractivity contribution in [3.8, 4) is 11.5 Å². The summed E-state index contributed by atoms with van der Waals surface area (Å²) >= 11 is 0. The number of benzene rings is 1. The third kappa shape index (κ3) is 7.87. The highest BCUT2D eigenvalue weighted by Gasteiger charge is 2.48. The Morgan fingerprint density at radius 2 is 1.98 bits per heavy atom. The van der Waals surface area contributed by atoms with Crippen LogP contribution in [0.15, 0.2) is 40.9 Å². The lowest BCUT2D eigenvalue weighted by Crippen LogP contribution is -2.70. The summed E-state index contributed by atoms with van der Waals surface area (Å²) in [5, 5.41) is 17.8. The third-order valence-corrected chi connectivity index (χ3v) is 14.0. The van der Waals surface area contributed by atoms with Crippen molar-refractivity contribution < 1.29 is 19.1 Å². The fraction of sp³-hybridized carbons (Fsp3) is 0.647. The number of phenolic OH excluding ortho intramolecular Hbond substituents is 1. The van der Waals surface area contributed by atoms with Crippen LogP contribution in [0.1, 0.15) is 97.6 Å². The number of amides is 1. The molecule has 0 saturated carbocycles. The average Bonchev–Trinajstić information content (AvgIpc) is 2.86. The molecule has 8 heteroatoms. The molecule has 1 saturated heterocycles. The second-order valence-electron chi connectivity index (χ2n) is 13.9. The van der Waals surface area contributed by atoms with Crippen molar-refractivity contribution in [3.05, 3.63) is 47.1 Å². The summed E-state index contributed by atoms with van der Waals surface area (Å²) in [7, 11) is -0.400. The summed E-state index contributed by atoms with van der Waals surface area (Å²) in [5.74, 6) is 0.559. The first-order valence-electron chi connectivity index (χ1n) is 15.7. The predicted molar refractivity (Wildman–Crippen MR) is 176 cm³/mol. The van der Waals surface area contributed by atoms with Gasteiger partial charge in [-0.2, -0.15) is 0 Å². The van der Waals surface area contributed by atoms with E-state index in [1.54, 1.807) is 7.05 Å². The number of aliphatic imine (C=N–C) groups is 1. The van der Waals surface area contributed by atoms with Crippen LogP contribution in [0.4, 0.5) is 0 Å². The topological polar surface area (TPSA) is 92.2 Å². The Bertz CT molecular complexity index is 1200. The lowest BCUT2D eigenvalue weighted by Gasteiger charge is -2.45. The van der Waals surface area contributed by atoms with Crippen LogP contribution in [-0.2, 0) is 15.6 Å². The van der Waals surface area contributed by atoms with Gasteiger partial charge in [-0.3, -0.25) is 4.79 Å². The molecule has 3 N–H and O–H groups in total. The molecule has 0 aromatic heterocycles. The van der Waals surface area contributed by atoms with Crippen LogP contribution < -0.4 is 15.4 Å². The fourth-order valence-corrected chi connectivity index (χ4v) is 7.24. The molecule has 0 spiro atoms. The van der Waals surface area contributed by atoms with Crippen LogP contribution in [0, 0.1) is 11.8 Å². The summed E-state index contributed by atoms with van der Waals surface area (Å²) < 4.78 is 13.1. The molecule has 1 aromatic rings. The molecule has 7 nitrogen and oxygen atoms in total. The highest BCUT2D eigenvalue weighted by Crippen LogP contribution is 2.47. The number of rotatable bonds is 11. The van der Waals surface area contributed by atoms with E-state index in [2.05, 4.69) is 82.9 Å². The number of nitrogens with one attached hydrogen (secondary N) is 2. The monoisotopic (exact) mass is 597 g/mol. The van der Waals surface area contributed by atoms with Gasteiger partial charge in [-0.25, -0.2) is 4.99 Å². The molecular weight excluding hydrogens is 542 g/mol. The van der Waals surface area contributed by atoms with Gasteiger partial charge in [-0.15, -0.1) is 0 Å². The van der Waals surface area contributed by atoms with Crippen LogP contribution >= 0.6 is 0 Å². The Morgan fingerprint density at radius 1 is 1.29 bits per heavy atom. The molecule has 1 heterocycles. The van der Waals surface area contributed by atoms with Crippen LogP contribution in [0.5, 0.6) is 11.5 Å². The van der Waals surface area contributed by atoms with Gasteiger partial charge in [0.2, 0.25) is 5.91 Å². The molecular formula is C34H55N3O4Si. The highest BCUT2D eigenvalue weighted by atomic mass is 28.4. The summed E-state index contributed by atoms with van der Waals surface area (Å²) in [6.45, 7) is 23.6. The maximum atomic E-state index is 12.7. The molecule has 234 valence electrons. The van der Waals surface area contributed by atoms with Gasteiger partial charge in [0, 0.05) is 18.5 Å². The maximum absolute atomic E-state index is 12.7. The summed E-state index contributed by atoms with van der Waals surface area (Å²) in [5.41, 5.74) is 4.19. The summed E-state index contributed by atoms with van der Waals surface area (Å²) in [6, 6.07) is 4.23. The lowest BCUT2D eigenvalue weighted by molar-refractivity contribution is -0.140. The van der Waals surface area contributed by atoms with Crippen LogP contribution in [0.25, 0.3) is 0 Å². The Morgan fingerprint density at radius 3 is 2.55 bits per heavy atom. The Balaban J connectivity index is 1.91. The standard InChI is InChI=1S/C34H55N3O4Si/c1-12-13-14-15-24-19-27(38)30(26-18-22(4)16-17-25(26)21(2)3)28(20-24)40-33(35-9)37-31-29(32(39)36-31)23(5)41-42(10,11)34(6,7)8/h18-20,23,25-26,29,31,38H,2,12-17H2,1,3-11H3,(H,35,37)(H,36,39)/t23-,25+,26-,29-,31-/m1/s1. The molecule has 2 aliphatic rings. The normalized spacial score (nSPS) is 23.9. The number of phenols is 1. The number of carbonyl (C=O) groups is 1. The zero-order chi connectivity index (χ0) is 31.4. The Labute approximate surface area is 255 Å². The number of allylic oxidation sites excluding steroid dienone is 3. The second kappa shape index (κ2) is 13.8. The molecule has 42 heavy (non-hydrogen) atoms. The number of unbranched alkanes of at least 4 members (excludes halogenated alkanes) is 2. The van der Waals surface area contributed by atoms with Crippen molar-refractivity contribution in [1.29, 1.82) is 0 Å². The highest BCUT2D eigenvalue weighted by molar-refractivity contribution is 6.74. The van der Waals surface area contributed by atoms with Crippen molar-refractivity contribution in [2.45, 2.75) is 123 Å². The Hall–Kier alpha value is -2.58. The first-order valence-corrected chi connectivity index (χ1v) is 18.6. The minimum atomic E-state index is -2.07. The van der Waals surface area contributed by atoms with Crippen LogP contribution in [-0.4, -0.2) is 44.7 Å². The number of aromatic hydroxyl groups is 1. The quantitative estimate of drug-likeness (QED) is 0.0611. The van der Waals surface area contributed by atoms with Crippen molar-refractivity contribution in [2.75, 3.05) is 7.05 Å². The smallest absolute Gasteiger partial charge is 0.291 e. The zero-order valence-corrected chi connectivity index (χ0v) is 28.7. The minimum Gasteiger partial charge on any atom is -0.507 e. The number of amidine groups is 1. The first kappa shape index (κ1) is 33.9. The summed E-state index contributed by atoms with van der Waals surface area (Å²) in [4.78, 5) is 17.1. The number of aryl methyl sites for hydroxylation is 1. The van der Waals surface area contributed by atoms with Gasteiger partial charge in [0.1, 0.15) is 23.6 Å². The average molecular weight is 598 g/mol. The predicted octanol–water partition coefficient (Wildman–Crippen LogP) is 7.58. The molecule has 0 bridgehead atoms. The number of β-lactam (4-membered cyclic amide) rings is 1. The van der Waals surface area contributed by atoms with E-state index in [1.807, 2.05) is 19.1 Å². The molecule has 0 radical (unpaired) electrons. The number of ether oxygens (including phenoxy) is 1. The first-order chi connectivity index (χ1) is 19.6. The van der Waals surface area contributed by atoms with Crippen LogP contribution in [0.2, 0.25) is 18.1 Å². The molecule has 5 atom stereocenters. The van der Waals surface area contributed by atoms with Gasteiger partial charge in [-0.05, 0) is 88.2 Å². The summed E-state index contributed by atoms with van der Waals surface area (Å²) in [6.07, 6.45) is 7.76. The van der Waals surface area contributed by atoms with Crippen molar-refractivity contribution in [1.82, 2.24) is 10.6 Å². The molecule has 3 rings (SSSR count). The third-order valence-electron chi connectivity index (χ3n) is 9.40. The van der Waals surface area contributed by atoms with Crippen molar-refractivity contribution in [3.63, 3.8) is 0 Å². The van der Waals surface area contributed by atoms with E-state index in [9.17, 15) is 9.90 Å². The molecule has 1 amide bonds. The van der Waals surface area contributed by atoms with Gasteiger partial charge in [0.25, 0.3) is 6.02 Å². The molecule has 0 unspecified atom stereocenters. The maximum Gasteiger partial charge on any atom is 0.291 e. The minimum absolute atomic E-state index is 0.0394. The van der Waals surface area contributed by atoms with Gasteiger partial charge >= 0.3 is 0 Å². The van der Waals surface area contributed by atoms with E-state index in [0.29, 0.717) is 11.8 Å². The lowest BCUT2D eigenvalue weighted by atomic mass is 9.73. The number of carbonyl (C=O) groups excluding carboxylic acids is 1. The van der Waals surface area contributed by atoms with Gasteiger partial charge in [0.15, 0.2) is 8.32 Å².